The first-order valence-electron chi connectivity index (χ1n) is 4.02. The van der Waals surface area contributed by atoms with E-state index in [0.29, 0.717) is 5.70 Å². The lowest BCUT2D eigenvalue weighted by Crippen LogP contribution is -2.34. The van der Waals surface area contributed by atoms with Gasteiger partial charge in [-0.05, 0) is 12.8 Å². The largest absolute Gasteiger partial charge is 0.382 e. The zero-order chi connectivity index (χ0) is 9.84. The molecule has 1 aliphatic heterocycles. The maximum Gasteiger partial charge on any atom is 0.254 e. The fourth-order valence-corrected chi connectivity index (χ4v) is 2.38. The van der Waals surface area contributed by atoms with Crippen molar-refractivity contribution in [3.8, 4) is 0 Å². The van der Waals surface area contributed by atoms with Crippen molar-refractivity contribution < 1.29 is 9.13 Å². The first-order chi connectivity index (χ1) is 6.11. The summed E-state index contributed by atoms with van der Waals surface area (Å²) in [5.74, 6) is 0. The molecule has 0 saturated carbocycles. The average molecular weight is 204 g/mol. The van der Waals surface area contributed by atoms with Gasteiger partial charge in [0.2, 0.25) is 0 Å². The molecule has 1 N–H and O–H groups in total. The lowest BCUT2D eigenvalue weighted by molar-refractivity contribution is -0.403. The van der Waals surface area contributed by atoms with Crippen LogP contribution in [0.15, 0.2) is 11.9 Å². The van der Waals surface area contributed by atoms with Crippen molar-refractivity contribution in [1.29, 1.82) is 0 Å². The van der Waals surface area contributed by atoms with E-state index in [1.165, 1.54) is 0 Å². The molecule has 0 radical (unpaired) electrons. The number of nitro groups is 1. The summed E-state index contributed by atoms with van der Waals surface area (Å²) in [6, 6.07) is 0. The second-order valence-electron chi connectivity index (χ2n) is 2.93. The zero-order valence-electron chi connectivity index (χ0n) is 7.36. The van der Waals surface area contributed by atoms with Crippen molar-refractivity contribution in [2.24, 2.45) is 0 Å². The number of piperidine rings is 1. The van der Waals surface area contributed by atoms with Crippen LogP contribution in [0.3, 0.4) is 0 Å². The van der Waals surface area contributed by atoms with Crippen LogP contribution in [0.5, 0.6) is 0 Å². The summed E-state index contributed by atoms with van der Waals surface area (Å²) in [6.07, 6.45) is 4.17. The topological polar surface area (TPSA) is 72.2 Å². The number of nitrogens with zero attached hydrogens (tertiary/aromatic N) is 1. The molecule has 0 aromatic heterocycles. The summed E-state index contributed by atoms with van der Waals surface area (Å²) in [5, 5.41) is 12.9. The zero-order valence-corrected chi connectivity index (χ0v) is 8.17. The van der Waals surface area contributed by atoms with Crippen LogP contribution in [0.4, 0.5) is 0 Å². The summed E-state index contributed by atoms with van der Waals surface area (Å²) in [5.41, 5.74) is 0.497. The van der Waals surface area contributed by atoms with Gasteiger partial charge < -0.3 is 5.32 Å². The fourth-order valence-electron chi connectivity index (χ4n) is 1.38. The fraction of sp³-hybridized carbons (Fsp3) is 0.714. The average Bonchev–Trinajstić information content (AvgIpc) is 2.03. The Bertz CT molecular complexity index is 264. The molecule has 13 heavy (non-hydrogen) atoms. The normalized spacial score (nSPS) is 28.1. The van der Waals surface area contributed by atoms with Crippen LogP contribution >= 0.6 is 0 Å². The van der Waals surface area contributed by atoms with Crippen molar-refractivity contribution in [2.75, 3.05) is 12.8 Å². The van der Waals surface area contributed by atoms with E-state index in [-0.39, 0.29) is 5.25 Å². The predicted molar refractivity (Wildman–Crippen MR) is 50.2 cm³/mol. The van der Waals surface area contributed by atoms with E-state index in [1.807, 2.05) is 0 Å². The minimum absolute atomic E-state index is 0.195. The molecule has 0 aromatic carbocycles. The molecule has 1 heterocycles. The molecule has 1 aliphatic rings. The Hall–Kier alpha value is -0.910. The van der Waals surface area contributed by atoms with Crippen LogP contribution in [0.1, 0.15) is 12.8 Å². The molecule has 0 amide bonds. The second kappa shape index (κ2) is 4.36. The van der Waals surface area contributed by atoms with Gasteiger partial charge in [0.25, 0.3) is 6.20 Å². The first-order valence-corrected chi connectivity index (χ1v) is 5.64. The number of hydrogen-bond acceptors (Lipinski definition) is 4. The van der Waals surface area contributed by atoms with Crippen molar-refractivity contribution in [2.45, 2.75) is 18.1 Å². The molecule has 74 valence electrons. The molecule has 2 atom stereocenters. The molecule has 2 unspecified atom stereocenters. The van der Waals surface area contributed by atoms with Gasteiger partial charge in [-0.15, -0.1) is 0 Å². The second-order valence-corrected chi connectivity index (χ2v) is 4.49. The molecular formula is C7H12N2O3S. The van der Waals surface area contributed by atoms with Crippen LogP contribution in [0.2, 0.25) is 0 Å². The third-order valence-corrected chi connectivity index (χ3v) is 3.26. The Balaban J connectivity index is 2.78. The number of rotatable bonds is 2. The van der Waals surface area contributed by atoms with Crippen LogP contribution in [0, 0.1) is 10.1 Å². The van der Waals surface area contributed by atoms with E-state index in [4.69, 9.17) is 0 Å². The predicted octanol–water partition coefficient (Wildman–Crippen LogP) is 0.235. The highest BCUT2D eigenvalue weighted by Crippen LogP contribution is 2.16. The van der Waals surface area contributed by atoms with Gasteiger partial charge in [0.1, 0.15) is 0 Å². The quantitative estimate of drug-likeness (QED) is 0.516. The van der Waals surface area contributed by atoms with E-state index < -0.39 is 15.7 Å². The van der Waals surface area contributed by atoms with E-state index in [2.05, 4.69) is 5.32 Å². The standard InChI is InChI=1S/C7H12N2O3S/c1-13(12)7-3-2-4-8-6(7)5-9(10)11/h5,7-8H,2-4H2,1H3. The van der Waals surface area contributed by atoms with Gasteiger partial charge in [0.05, 0.1) is 15.9 Å². The minimum atomic E-state index is -1.03. The van der Waals surface area contributed by atoms with E-state index in [9.17, 15) is 14.3 Å². The molecule has 0 spiro atoms. The maximum atomic E-state index is 11.2. The van der Waals surface area contributed by atoms with Gasteiger partial charge >= 0.3 is 0 Å². The lowest BCUT2D eigenvalue weighted by atomic mass is 10.1. The van der Waals surface area contributed by atoms with Crippen LogP contribution in [-0.2, 0) is 10.8 Å². The van der Waals surface area contributed by atoms with Gasteiger partial charge in [-0.3, -0.25) is 14.3 Å². The summed E-state index contributed by atoms with van der Waals surface area (Å²) in [6.45, 7) is 0.730. The summed E-state index contributed by atoms with van der Waals surface area (Å²) in [4.78, 5) is 9.72. The summed E-state index contributed by atoms with van der Waals surface area (Å²) in [7, 11) is -1.03. The van der Waals surface area contributed by atoms with Crippen molar-refractivity contribution in [3.63, 3.8) is 0 Å². The van der Waals surface area contributed by atoms with Crippen molar-refractivity contribution in [3.05, 3.63) is 22.0 Å². The minimum Gasteiger partial charge on any atom is -0.382 e. The van der Waals surface area contributed by atoms with Gasteiger partial charge in [0.15, 0.2) is 0 Å². The summed E-state index contributed by atoms with van der Waals surface area (Å²) < 4.78 is 11.2. The molecule has 0 aliphatic carbocycles. The molecule has 1 saturated heterocycles. The van der Waals surface area contributed by atoms with Crippen molar-refractivity contribution >= 4 is 10.8 Å². The highest BCUT2D eigenvalue weighted by molar-refractivity contribution is 7.85. The third kappa shape index (κ3) is 2.80. The van der Waals surface area contributed by atoms with Gasteiger partial charge in [-0.25, -0.2) is 0 Å². The highest BCUT2D eigenvalue weighted by Gasteiger charge is 2.24. The molecule has 1 fully saturated rings. The van der Waals surface area contributed by atoms with Crippen LogP contribution in [-0.4, -0.2) is 27.2 Å². The Morgan fingerprint density at radius 1 is 1.77 bits per heavy atom. The Labute approximate surface area is 78.8 Å². The van der Waals surface area contributed by atoms with Crippen LogP contribution < -0.4 is 5.32 Å². The Morgan fingerprint density at radius 2 is 2.46 bits per heavy atom. The number of nitrogens with one attached hydrogen (secondary N) is 1. The molecular weight excluding hydrogens is 192 g/mol. The van der Waals surface area contributed by atoms with Gasteiger partial charge in [0, 0.05) is 23.6 Å². The SMILES string of the molecule is CS(=O)C1CCCNC1=C[N+](=O)[O-]. The van der Waals surface area contributed by atoms with Gasteiger partial charge in [-0.2, -0.15) is 0 Å². The molecule has 5 nitrogen and oxygen atoms in total. The molecule has 0 aromatic rings. The summed E-state index contributed by atoms with van der Waals surface area (Å²) >= 11 is 0. The smallest absolute Gasteiger partial charge is 0.254 e. The maximum absolute atomic E-state index is 11.2. The third-order valence-electron chi connectivity index (χ3n) is 1.96. The number of hydrogen-bond donors (Lipinski definition) is 1. The Morgan fingerprint density at radius 3 is 3.00 bits per heavy atom. The van der Waals surface area contributed by atoms with E-state index in [1.54, 1.807) is 6.26 Å². The molecule has 0 bridgehead atoms. The van der Waals surface area contributed by atoms with Gasteiger partial charge in [-0.1, -0.05) is 0 Å². The molecule has 6 heteroatoms. The lowest BCUT2D eigenvalue weighted by Gasteiger charge is -2.22. The van der Waals surface area contributed by atoms with Crippen LogP contribution in [0.25, 0.3) is 0 Å². The van der Waals surface area contributed by atoms with E-state index in [0.717, 1.165) is 25.6 Å². The Kier molecular flexibility index (Phi) is 3.41. The van der Waals surface area contributed by atoms with E-state index >= 15 is 0 Å². The monoisotopic (exact) mass is 204 g/mol. The first kappa shape index (κ1) is 10.2. The van der Waals surface area contributed by atoms with Crippen molar-refractivity contribution in [1.82, 2.24) is 5.32 Å². The highest BCUT2D eigenvalue weighted by atomic mass is 32.2. The molecule has 1 rings (SSSR count).